The van der Waals surface area contributed by atoms with Crippen LogP contribution in [0.15, 0.2) is 23.1 Å². The summed E-state index contributed by atoms with van der Waals surface area (Å²) in [7, 11) is -5.03. The number of nitrogens with two attached hydrogens (primary N) is 1. The van der Waals surface area contributed by atoms with Crippen molar-refractivity contribution in [1.29, 1.82) is 0 Å². The zero-order valence-corrected chi connectivity index (χ0v) is 13.0. The summed E-state index contributed by atoms with van der Waals surface area (Å²) in [5.74, 6) is 5.15. The lowest BCUT2D eigenvalue weighted by Gasteiger charge is -2.11. The van der Waals surface area contributed by atoms with E-state index in [1.807, 2.05) is 0 Å². The van der Waals surface area contributed by atoms with Crippen LogP contribution >= 0.6 is 0 Å². The Morgan fingerprint density at radius 1 is 1.48 bits per heavy atom. The van der Waals surface area contributed by atoms with Gasteiger partial charge >= 0.3 is 0 Å². The average Bonchev–Trinajstić information content (AvgIpc) is 2.43. The highest BCUT2D eigenvalue weighted by Crippen LogP contribution is 2.26. The molecule has 0 aromatic heterocycles. The van der Waals surface area contributed by atoms with Crippen LogP contribution in [0.2, 0.25) is 0 Å². The van der Waals surface area contributed by atoms with Crippen molar-refractivity contribution in [3.63, 3.8) is 0 Å². The summed E-state index contributed by atoms with van der Waals surface area (Å²) in [4.78, 5) is 9.89. The highest BCUT2D eigenvalue weighted by molar-refractivity contribution is 7.89. The van der Waals surface area contributed by atoms with Crippen LogP contribution in [0.4, 0.5) is 11.4 Å². The van der Waals surface area contributed by atoms with E-state index >= 15 is 0 Å². The largest absolute Gasteiger partial charge is 0.318 e. The molecule has 1 aromatic carbocycles. The lowest BCUT2D eigenvalue weighted by molar-refractivity contribution is -0.384. The number of nitrogens with one attached hydrogen (secondary N) is 2. The molecule has 2 atom stereocenters. The van der Waals surface area contributed by atoms with Gasteiger partial charge in [0.15, 0.2) is 0 Å². The van der Waals surface area contributed by atoms with Crippen molar-refractivity contribution in [1.82, 2.24) is 4.72 Å². The van der Waals surface area contributed by atoms with Gasteiger partial charge in [-0.15, -0.1) is 0 Å². The zero-order chi connectivity index (χ0) is 16.2. The standard InChI is InChI=1S/C10H16N4O5S2/c1-7(20(2)17)6-12-21(18,19)8-3-4-10(14(15)16)9(5-8)13-11/h3-5,7,12-13H,6,11H2,1-2H3. The molecule has 0 saturated carbocycles. The van der Waals surface area contributed by atoms with Gasteiger partial charge in [-0.1, -0.05) is 0 Å². The van der Waals surface area contributed by atoms with Gasteiger partial charge in [-0.3, -0.25) is 20.2 Å². The predicted octanol–water partition coefficient (Wildman–Crippen LogP) is -0.0743. The second-order valence-electron chi connectivity index (χ2n) is 4.24. The molecule has 0 radical (unpaired) electrons. The summed E-state index contributed by atoms with van der Waals surface area (Å²) in [5, 5.41) is 10.4. The number of sulfonamides is 1. The number of nitro benzene ring substituents is 1. The first-order valence-electron chi connectivity index (χ1n) is 5.76. The van der Waals surface area contributed by atoms with E-state index in [2.05, 4.69) is 10.1 Å². The number of rotatable bonds is 7. The van der Waals surface area contributed by atoms with Gasteiger partial charge < -0.3 is 5.43 Å². The van der Waals surface area contributed by atoms with Crippen LogP contribution in [0.3, 0.4) is 0 Å². The molecule has 4 N–H and O–H groups in total. The van der Waals surface area contributed by atoms with E-state index in [-0.39, 0.29) is 28.1 Å². The Morgan fingerprint density at radius 2 is 2.10 bits per heavy atom. The summed E-state index contributed by atoms with van der Waals surface area (Å²) in [6.07, 6.45) is 1.47. The number of nitro groups is 1. The summed E-state index contributed by atoms with van der Waals surface area (Å²) in [5.41, 5.74) is 1.64. The fraction of sp³-hybridized carbons (Fsp3) is 0.400. The smallest absolute Gasteiger partial charge is 0.293 e. The molecule has 0 aliphatic heterocycles. The van der Waals surface area contributed by atoms with E-state index in [0.717, 1.165) is 18.2 Å². The third kappa shape index (κ3) is 4.46. The van der Waals surface area contributed by atoms with Gasteiger partial charge in [0.2, 0.25) is 10.0 Å². The molecule has 1 aromatic rings. The van der Waals surface area contributed by atoms with Gasteiger partial charge in [-0.2, -0.15) is 0 Å². The Bertz CT molecular complexity index is 661. The van der Waals surface area contributed by atoms with E-state index in [9.17, 15) is 22.7 Å². The summed E-state index contributed by atoms with van der Waals surface area (Å²) >= 11 is 0. The molecule has 0 aliphatic carbocycles. The number of hydrazine groups is 1. The highest BCUT2D eigenvalue weighted by atomic mass is 32.2. The SMILES string of the molecule is CC(CNS(=O)(=O)c1ccc([N+](=O)[O-])c(NN)c1)S(C)=O. The molecule has 2 unspecified atom stereocenters. The highest BCUT2D eigenvalue weighted by Gasteiger charge is 2.21. The van der Waals surface area contributed by atoms with Crippen LogP contribution in [0, 0.1) is 10.1 Å². The van der Waals surface area contributed by atoms with E-state index in [0.29, 0.717) is 0 Å². The Labute approximate surface area is 124 Å². The fourth-order valence-electron chi connectivity index (χ4n) is 1.38. The van der Waals surface area contributed by atoms with Crippen LogP contribution in [-0.2, 0) is 20.8 Å². The topological polar surface area (TPSA) is 144 Å². The van der Waals surface area contributed by atoms with Gasteiger partial charge in [-0.25, -0.2) is 13.1 Å². The van der Waals surface area contributed by atoms with Crippen molar-refractivity contribution >= 4 is 32.2 Å². The van der Waals surface area contributed by atoms with E-state index in [1.54, 1.807) is 6.92 Å². The van der Waals surface area contributed by atoms with Crippen LogP contribution in [0.5, 0.6) is 0 Å². The maximum absolute atomic E-state index is 12.1. The second kappa shape index (κ2) is 6.93. The second-order valence-corrected chi connectivity index (χ2v) is 7.81. The monoisotopic (exact) mass is 336 g/mol. The van der Waals surface area contributed by atoms with Gasteiger partial charge in [0, 0.05) is 34.9 Å². The first kappa shape index (κ1) is 17.5. The van der Waals surface area contributed by atoms with Crippen LogP contribution in [0.25, 0.3) is 0 Å². The molecule has 1 rings (SSSR count). The molecule has 0 bridgehead atoms. The van der Waals surface area contributed by atoms with Crippen molar-refractivity contribution < 1.29 is 17.6 Å². The fourth-order valence-corrected chi connectivity index (χ4v) is 2.96. The van der Waals surface area contributed by atoms with Crippen molar-refractivity contribution in [2.24, 2.45) is 5.84 Å². The molecule has 0 saturated heterocycles. The van der Waals surface area contributed by atoms with Gasteiger partial charge in [0.1, 0.15) is 5.69 Å². The summed E-state index contributed by atoms with van der Waals surface area (Å²) in [6.45, 7) is 1.63. The third-order valence-electron chi connectivity index (χ3n) is 2.76. The normalized spacial score (nSPS) is 14.4. The van der Waals surface area contributed by atoms with E-state index < -0.39 is 25.7 Å². The Morgan fingerprint density at radius 3 is 2.57 bits per heavy atom. The quantitative estimate of drug-likeness (QED) is 0.359. The predicted molar refractivity (Wildman–Crippen MR) is 79.6 cm³/mol. The Balaban J connectivity index is 3.04. The first-order chi connectivity index (χ1) is 9.69. The number of anilines is 1. The minimum atomic E-state index is -3.87. The number of hydrogen-bond acceptors (Lipinski definition) is 7. The molecular formula is C10H16N4O5S2. The lowest BCUT2D eigenvalue weighted by Crippen LogP contribution is -2.32. The molecule has 0 fully saturated rings. The Kier molecular flexibility index (Phi) is 5.78. The van der Waals surface area contributed by atoms with Crippen molar-refractivity contribution in [3.8, 4) is 0 Å². The Hall–Kier alpha value is -1.56. The maximum Gasteiger partial charge on any atom is 0.293 e. The van der Waals surface area contributed by atoms with Gasteiger partial charge in [0.25, 0.3) is 5.69 Å². The molecule has 11 heteroatoms. The number of nitrogen functional groups attached to an aromatic ring is 1. The van der Waals surface area contributed by atoms with Crippen LogP contribution < -0.4 is 16.0 Å². The third-order valence-corrected chi connectivity index (χ3v) is 5.48. The molecule has 0 aliphatic rings. The molecule has 0 heterocycles. The number of nitrogens with zero attached hydrogens (tertiary/aromatic N) is 1. The lowest BCUT2D eigenvalue weighted by atomic mass is 10.3. The van der Waals surface area contributed by atoms with Gasteiger partial charge in [-0.05, 0) is 19.1 Å². The minimum Gasteiger partial charge on any atom is -0.318 e. The molecule has 21 heavy (non-hydrogen) atoms. The van der Waals surface area contributed by atoms with E-state index in [4.69, 9.17) is 5.84 Å². The van der Waals surface area contributed by atoms with Crippen molar-refractivity contribution in [2.45, 2.75) is 17.1 Å². The molecule has 118 valence electrons. The van der Waals surface area contributed by atoms with Crippen molar-refractivity contribution in [3.05, 3.63) is 28.3 Å². The van der Waals surface area contributed by atoms with Gasteiger partial charge in [0.05, 0.1) is 9.82 Å². The molecule has 9 nitrogen and oxygen atoms in total. The summed E-state index contributed by atoms with van der Waals surface area (Å²) in [6, 6.07) is 3.22. The average molecular weight is 336 g/mol. The zero-order valence-electron chi connectivity index (χ0n) is 11.4. The minimum absolute atomic E-state index is 0.00613. The van der Waals surface area contributed by atoms with E-state index in [1.165, 1.54) is 6.26 Å². The number of hydrogen-bond donors (Lipinski definition) is 3. The first-order valence-corrected chi connectivity index (χ1v) is 8.86. The van der Waals surface area contributed by atoms with Crippen LogP contribution in [0.1, 0.15) is 6.92 Å². The molecule has 0 amide bonds. The summed E-state index contributed by atoms with van der Waals surface area (Å²) < 4.78 is 37.6. The molecular weight excluding hydrogens is 320 g/mol. The van der Waals surface area contributed by atoms with Crippen LogP contribution in [-0.4, -0.2) is 35.6 Å². The maximum atomic E-state index is 12.1. The van der Waals surface area contributed by atoms with Crippen molar-refractivity contribution in [2.75, 3.05) is 18.2 Å². The molecule has 0 spiro atoms. The number of benzene rings is 1.